The molecule has 2 aliphatic heterocycles. The summed E-state index contributed by atoms with van der Waals surface area (Å²) >= 11 is 1.34. The maximum Gasteiger partial charge on any atom is 0.256 e. The quantitative estimate of drug-likeness (QED) is 0.635. The van der Waals surface area contributed by atoms with Crippen LogP contribution < -0.4 is 5.73 Å². The lowest BCUT2D eigenvalue weighted by Crippen LogP contribution is -2.54. The number of thiophene rings is 1. The molecule has 2 aliphatic rings. The monoisotopic (exact) mass is 337 g/mol. The second-order valence-corrected chi connectivity index (χ2v) is 6.62. The number of amides is 3. The molecule has 3 rings (SSSR count). The number of hydrogen-bond donors (Lipinski definition) is 1. The molecular formula is C15H19N3O4S. The number of fused-ring (bicyclic) bond motifs is 1. The van der Waals surface area contributed by atoms with Gasteiger partial charge in [0, 0.05) is 37.6 Å². The van der Waals surface area contributed by atoms with Crippen LogP contribution in [0.1, 0.15) is 35.2 Å². The summed E-state index contributed by atoms with van der Waals surface area (Å²) < 4.78 is 4.97. The lowest BCUT2D eigenvalue weighted by atomic mass is 10.0. The van der Waals surface area contributed by atoms with Gasteiger partial charge in [0.2, 0.25) is 5.91 Å². The van der Waals surface area contributed by atoms with E-state index in [9.17, 15) is 14.4 Å². The molecule has 1 unspecified atom stereocenters. The molecule has 0 aromatic carbocycles. The predicted octanol–water partition coefficient (Wildman–Crippen LogP) is 0.840. The maximum absolute atomic E-state index is 12.7. The van der Waals surface area contributed by atoms with Crippen LogP contribution in [0.25, 0.3) is 0 Å². The lowest BCUT2D eigenvalue weighted by Gasteiger charge is -2.35. The topological polar surface area (TPSA) is 92.9 Å². The van der Waals surface area contributed by atoms with Crippen LogP contribution in [0, 0.1) is 0 Å². The third kappa shape index (κ3) is 2.72. The van der Waals surface area contributed by atoms with Crippen molar-refractivity contribution >= 4 is 34.1 Å². The Balaban J connectivity index is 1.74. The Kier molecular flexibility index (Phi) is 4.36. The summed E-state index contributed by atoms with van der Waals surface area (Å²) in [7, 11) is 1.58. The summed E-state index contributed by atoms with van der Waals surface area (Å²) in [5.41, 5.74) is 7.27. The van der Waals surface area contributed by atoms with Crippen LogP contribution in [-0.2, 0) is 20.9 Å². The Morgan fingerprint density at radius 2 is 2.17 bits per heavy atom. The van der Waals surface area contributed by atoms with Gasteiger partial charge in [-0.05, 0) is 12.8 Å². The van der Waals surface area contributed by atoms with E-state index < -0.39 is 6.04 Å². The Bertz CT molecular complexity index is 657. The minimum absolute atomic E-state index is 0.169. The van der Waals surface area contributed by atoms with E-state index in [0.29, 0.717) is 43.1 Å². The van der Waals surface area contributed by atoms with Crippen LogP contribution in [0.4, 0.5) is 5.00 Å². The fourth-order valence-electron chi connectivity index (χ4n) is 3.10. The van der Waals surface area contributed by atoms with E-state index in [4.69, 9.17) is 10.5 Å². The van der Waals surface area contributed by atoms with Crippen molar-refractivity contribution in [1.82, 2.24) is 9.80 Å². The molecule has 1 saturated heterocycles. The molecule has 23 heavy (non-hydrogen) atoms. The molecule has 0 bridgehead atoms. The van der Waals surface area contributed by atoms with Crippen LogP contribution in [0.5, 0.6) is 0 Å². The molecule has 1 atom stereocenters. The fourth-order valence-corrected chi connectivity index (χ4v) is 3.91. The number of piperidine rings is 1. The average Bonchev–Trinajstić information content (AvgIpc) is 3.04. The molecule has 8 heteroatoms. The Labute approximate surface area is 138 Å². The van der Waals surface area contributed by atoms with Crippen molar-refractivity contribution in [1.29, 1.82) is 0 Å². The molecule has 1 aromatic rings. The highest BCUT2D eigenvalue weighted by Crippen LogP contribution is 2.35. The van der Waals surface area contributed by atoms with E-state index in [1.165, 1.54) is 16.2 Å². The summed E-state index contributed by atoms with van der Waals surface area (Å²) in [5.74, 6) is -0.640. The molecule has 0 saturated carbocycles. The number of nitrogens with two attached hydrogens (primary N) is 1. The number of hydrogen-bond acceptors (Lipinski definition) is 6. The summed E-state index contributed by atoms with van der Waals surface area (Å²) in [6.07, 6.45) is 1.24. The summed E-state index contributed by atoms with van der Waals surface area (Å²) in [4.78, 5) is 40.0. The van der Waals surface area contributed by atoms with Gasteiger partial charge < -0.3 is 15.4 Å². The van der Waals surface area contributed by atoms with Crippen molar-refractivity contribution < 1.29 is 19.1 Å². The highest BCUT2D eigenvalue weighted by atomic mass is 32.1. The highest BCUT2D eigenvalue weighted by molar-refractivity contribution is 7.14. The van der Waals surface area contributed by atoms with Crippen molar-refractivity contribution in [2.75, 3.05) is 26.0 Å². The molecule has 0 radical (unpaired) electrons. The van der Waals surface area contributed by atoms with E-state index in [2.05, 4.69) is 0 Å². The van der Waals surface area contributed by atoms with Crippen molar-refractivity contribution in [3.63, 3.8) is 0 Å². The maximum atomic E-state index is 12.7. The van der Waals surface area contributed by atoms with Crippen LogP contribution in [-0.4, -0.2) is 53.8 Å². The van der Waals surface area contributed by atoms with Crippen LogP contribution in [0.15, 0.2) is 5.38 Å². The molecule has 0 aliphatic carbocycles. The second-order valence-electron chi connectivity index (χ2n) is 5.71. The number of ether oxygens (including phenoxy) is 1. The van der Waals surface area contributed by atoms with E-state index >= 15 is 0 Å². The van der Waals surface area contributed by atoms with Gasteiger partial charge in [0.25, 0.3) is 11.8 Å². The van der Waals surface area contributed by atoms with Gasteiger partial charge in [0.1, 0.15) is 6.04 Å². The van der Waals surface area contributed by atoms with Crippen LogP contribution in [0.2, 0.25) is 0 Å². The Morgan fingerprint density at radius 3 is 2.87 bits per heavy atom. The molecule has 1 aromatic heterocycles. The van der Waals surface area contributed by atoms with E-state index in [0.717, 1.165) is 5.56 Å². The van der Waals surface area contributed by atoms with Crippen LogP contribution in [0.3, 0.4) is 0 Å². The highest BCUT2D eigenvalue weighted by Gasteiger charge is 2.43. The number of likely N-dealkylation sites (tertiary alicyclic amines) is 1. The zero-order valence-electron chi connectivity index (χ0n) is 12.9. The summed E-state index contributed by atoms with van der Waals surface area (Å²) in [6.45, 7) is 1.16. The van der Waals surface area contributed by atoms with Crippen molar-refractivity contribution in [2.45, 2.75) is 31.8 Å². The van der Waals surface area contributed by atoms with Crippen LogP contribution >= 0.6 is 11.3 Å². The van der Waals surface area contributed by atoms with Crippen molar-refractivity contribution in [2.24, 2.45) is 0 Å². The molecule has 0 spiro atoms. The second kappa shape index (κ2) is 6.29. The van der Waals surface area contributed by atoms with Gasteiger partial charge in [-0.2, -0.15) is 0 Å². The van der Waals surface area contributed by atoms with E-state index in [1.54, 1.807) is 17.4 Å². The third-order valence-electron chi connectivity index (χ3n) is 4.34. The standard InChI is InChI=1S/C15H19N3O4S/c1-22-6-2-5-17-12(19)4-3-11(15(17)21)18-7-9-10(14(18)20)8-23-13(9)16/h8,11H,2-7,16H2,1H3. The zero-order valence-corrected chi connectivity index (χ0v) is 13.7. The molecule has 2 N–H and O–H groups in total. The largest absolute Gasteiger partial charge is 0.390 e. The van der Waals surface area contributed by atoms with Crippen molar-refractivity contribution in [3.05, 3.63) is 16.5 Å². The first-order valence-electron chi connectivity index (χ1n) is 7.54. The minimum Gasteiger partial charge on any atom is -0.390 e. The number of rotatable bonds is 5. The van der Waals surface area contributed by atoms with Gasteiger partial charge in [0.05, 0.1) is 17.1 Å². The molecule has 124 valence electrons. The SMILES string of the molecule is COCCCN1C(=O)CCC(N2Cc3c(csc3N)C2=O)C1=O. The lowest BCUT2D eigenvalue weighted by molar-refractivity contribution is -0.152. The molecule has 7 nitrogen and oxygen atoms in total. The van der Waals surface area contributed by atoms with E-state index in [1.807, 2.05) is 0 Å². The average molecular weight is 337 g/mol. The molecule has 3 heterocycles. The number of anilines is 1. The van der Waals surface area contributed by atoms with Gasteiger partial charge in [-0.1, -0.05) is 0 Å². The first-order valence-corrected chi connectivity index (χ1v) is 8.42. The van der Waals surface area contributed by atoms with E-state index in [-0.39, 0.29) is 24.1 Å². The van der Waals surface area contributed by atoms with Gasteiger partial charge >= 0.3 is 0 Å². The Hall–Kier alpha value is -1.93. The van der Waals surface area contributed by atoms with Gasteiger partial charge in [-0.15, -0.1) is 11.3 Å². The summed E-state index contributed by atoms with van der Waals surface area (Å²) in [5, 5.41) is 2.36. The fraction of sp³-hybridized carbons (Fsp3) is 0.533. The minimum atomic E-state index is -0.584. The first kappa shape index (κ1) is 15.9. The number of imide groups is 1. The normalized spacial score (nSPS) is 21.3. The third-order valence-corrected chi connectivity index (χ3v) is 5.19. The Morgan fingerprint density at radius 1 is 1.39 bits per heavy atom. The van der Waals surface area contributed by atoms with Gasteiger partial charge in [-0.25, -0.2) is 0 Å². The number of methoxy groups -OCH3 is 1. The van der Waals surface area contributed by atoms with Crippen molar-refractivity contribution in [3.8, 4) is 0 Å². The summed E-state index contributed by atoms with van der Waals surface area (Å²) in [6, 6.07) is -0.584. The zero-order chi connectivity index (χ0) is 16.6. The van der Waals surface area contributed by atoms with Gasteiger partial charge in [-0.3, -0.25) is 19.3 Å². The first-order chi connectivity index (χ1) is 11.0. The number of nitrogen functional groups attached to an aromatic ring is 1. The predicted molar refractivity (Wildman–Crippen MR) is 84.8 cm³/mol. The molecule has 3 amide bonds. The molecular weight excluding hydrogens is 318 g/mol. The smallest absolute Gasteiger partial charge is 0.256 e. The molecule has 1 fully saturated rings. The number of nitrogens with zero attached hydrogens (tertiary/aromatic N) is 2. The number of carbonyl (C=O) groups is 3. The number of carbonyl (C=O) groups excluding carboxylic acids is 3. The van der Waals surface area contributed by atoms with Gasteiger partial charge in [0.15, 0.2) is 0 Å².